The summed E-state index contributed by atoms with van der Waals surface area (Å²) >= 11 is 0. The lowest BCUT2D eigenvalue weighted by molar-refractivity contribution is 0.0742. The highest BCUT2D eigenvalue weighted by molar-refractivity contribution is 5.94. The summed E-state index contributed by atoms with van der Waals surface area (Å²) in [6.45, 7) is 4.84. The number of aromatic amines is 2. The standard InChI is InChI=1S/C30H29FN8O/c1-2-18-6-8-20(31)13-22(18)19-7-9-21-23(12-19)36-37-28(21)29-34-25-16-39(17-26(25)35-29)30(40)24-14-33-27(15-32-24)38-10-4-3-5-11-38/h6-9,12-15H,2-5,10-11,16-17H2,1H3,(H,34,35)(H,36,37). The Morgan fingerprint density at radius 2 is 1.90 bits per heavy atom. The van der Waals surface area contributed by atoms with Crippen LogP contribution in [0.1, 0.15) is 53.6 Å². The molecule has 10 heteroatoms. The zero-order valence-electron chi connectivity index (χ0n) is 22.2. The number of fused-ring (bicyclic) bond motifs is 2. The molecule has 202 valence electrons. The summed E-state index contributed by atoms with van der Waals surface area (Å²) in [5, 5.41) is 8.55. The van der Waals surface area contributed by atoms with E-state index in [1.54, 1.807) is 23.4 Å². The molecule has 7 rings (SSSR count). The normalized spacial score (nSPS) is 15.2. The SMILES string of the molecule is CCc1ccc(F)cc1-c1ccc2c(-c3nc4c([nH]3)CN(C(=O)c3cnc(N5CCCCC5)cn3)C4)n[nH]c2c1. The molecule has 2 N–H and O–H groups in total. The highest BCUT2D eigenvalue weighted by Gasteiger charge is 2.29. The van der Waals surface area contributed by atoms with E-state index in [1.165, 1.54) is 12.5 Å². The van der Waals surface area contributed by atoms with Crippen LogP contribution in [0, 0.1) is 5.82 Å². The van der Waals surface area contributed by atoms with Gasteiger partial charge in [-0.25, -0.2) is 19.3 Å². The number of imidazole rings is 1. The highest BCUT2D eigenvalue weighted by Crippen LogP contribution is 2.33. The number of hydrogen-bond donors (Lipinski definition) is 2. The van der Waals surface area contributed by atoms with Gasteiger partial charge in [0.2, 0.25) is 0 Å². The van der Waals surface area contributed by atoms with Crippen molar-refractivity contribution in [3.63, 3.8) is 0 Å². The van der Waals surface area contributed by atoms with E-state index >= 15 is 0 Å². The zero-order chi connectivity index (χ0) is 27.2. The van der Waals surface area contributed by atoms with Gasteiger partial charge in [0.05, 0.1) is 42.4 Å². The summed E-state index contributed by atoms with van der Waals surface area (Å²) in [6, 6.07) is 10.9. The molecule has 3 aromatic heterocycles. The lowest BCUT2D eigenvalue weighted by Gasteiger charge is -2.27. The molecule has 2 aliphatic heterocycles. The molecule has 5 aromatic rings. The summed E-state index contributed by atoms with van der Waals surface area (Å²) in [5.74, 6) is 1.07. The largest absolute Gasteiger partial charge is 0.355 e. The van der Waals surface area contributed by atoms with Crippen LogP contribution in [-0.2, 0) is 19.5 Å². The Kier molecular flexibility index (Phi) is 6.02. The minimum Gasteiger partial charge on any atom is -0.355 e. The monoisotopic (exact) mass is 536 g/mol. The molecule has 0 spiro atoms. The van der Waals surface area contributed by atoms with E-state index in [9.17, 15) is 9.18 Å². The van der Waals surface area contributed by atoms with Gasteiger partial charge in [0.25, 0.3) is 5.91 Å². The Morgan fingerprint density at radius 3 is 2.67 bits per heavy atom. The van der Waals surface area contributed by atoms with Crippen molar-refractivity contribution in [3.8, 4) is 22.6 Å². The number of anilines is 1. The first-order valence-corrected chi connectivity index (χ1v) is 13.8. The zero-order valence-corrected chi connectivity index (χ0v) is 22.2. The quantitative estimate of drug-likeness (QED) is 0.318. The maximum Gasteiger partial charge on any atom is 0.274 e. The number of amides is 1. The third kappa shape index (κ3) is 4.29. The van der Waals surface area contributed by atoms with Gasteiger partial charge in [0, 0.05) is 18.5 Å². The van der Waals surface area contributed by atoms with Crippen molar-refractivity contribution >= 4 is 22.6 Å². The molecule has 2 aliphatic rings. The van der Waals surface area contributed by atoms with Gasteiger partial charge in [-0.2, -0.15) is 5.10 Å². The van der Waals surface area contributed by atoms with Crippen LogP contribution in [0.4, 0.5) is 10.2 Å². The summed E-state index contributed by atoms with van der Waals surface area (Å²) < 4.78 is 14.0. The number of piperidine rings is 1. The average molecular weight is 537 g/mol. The van der Waals surface area contributed by atoms with Crippen LogP contribution < -0.4 is 4.90 Å². The Bertz CT molecular complexity index is 1690. The predicted octanol–water partition coefficient (Wildman–Crippen LogP) is 5.26. The maximum absolute atomic E-state index is 14.0. The number of aromatic nitrogens is 6. The second-order valence-corrected chi connectivity index (χ2v) is 10.5. The minimum absolute atomic E-state index is 0.160. The molecule has 40 heavy (non-hydrogen) atoms. The van der Waals surface area contributed by atoms with E-state index in [-0.39, 0.29) is 11.7 Å². The second kappa shape index (κ2) is 9.86. The van der Waals surface area contributed by atoms with E-state index in [0.29, 0.717) is 30.3 Å². The van der Waals surface area contributed by atoms with Crippen molar-refractivity contribution in [2.45, 2.75) is 45.7 Å². The summed E-state index contributed by atoms with van der Waals surface area (Å²) in [5.41, 5.74) is 6.51. The number of aryl methyl sites for hydroxylation is 1. The van der Waals surface area contributed by atoms with Crippen LogP contribution >= 0.6 is 0 Å². The van der Waals surface area contributed by atoms with E-state index in [4.69, 9.17) is 4.98 Å². The van der Waals surface area contributed by atoms with Crippen molar-refractivity contribution in [2.75, 3.05) is 18.0 Å². The number of halogens is 1. The molecule has 0 bridgehead atoms. The second-order valence-electron chi connectivity index (χ2n) is 10.5. The number of carbonyl (C=O) groups excluding carboxylic acids is 1. The number of H-pyrrole nitrogens is 2. The van der Waals surface area contributed by atoms with E-state index in [0.717, 1.165) is 77.2 Å². The fourth-order valence-corrected chi connectivity index (χ4v) is 5.76. The van der Waals surface area contributed by atoms with Crippen molar-refractivity contribution < 1.29 is 9.18 Å². The molecular formula is C30H29FN8O. The van der Waals surface area contributed by atoms with Crippen molar-refractivity contribution in [1.82, 2.24) is 35.0 Å². The molecule has 1 saturated heterocycles. The smallest absolute Gasteiger partial charge is 0.274 e. The summed E-state index contributed by atoms with van der Waals surface area (Å²) in [6.07, 6.45) is 7.67. The number of nitrogens with one attached hydrogen (secondary N) is 2. The molecule has 2 aromatic carbocycles. The number of carbonyl (C=O) groups is 1. The first kappa shape index (κ1) is 24.4. The third-order valence-corrected chi connectivity index (χ3v) is 7.93. The molecule has 1 fully saturated rings. The Morgan fingerprint density at radius 1 is 1.02 bits per heavy atom. The molecule has 0 aliphatic carbocycles. The van der Waals surface area contributed by atoms with Crippen molar-refractivity contribution in [3.05, 3.63) is 77.3 Å². The predicted molar refractivity (Wildman–Crippen MR) is 150 cm³/mol. The van der Waals surface area contributed by atoms with Crippen molar-refractivity contribution in [2.24, 2.45) is 0 Å². The third-order valence-electron chi connectivity index (χ3n) is 7.93. The fourth-order valence-electron chi connectivity index (χ4n) is 5.76. The minimum atomic E-state index is -0.253. The van der Waals surface area contributed by atoms with Gasteiger partial charge in [-0.15, -0.1) is 0 Å². The molecule has 0 unspecified atom stereocenters. The first-order valence-electron chi connectivity index (χ1n) is 13.8. The Labute approximate surface area is 230 Å². The van der Waals surface area contributed by atoms with Crippen LogP contribution in [-0.4, -0.2) is 54.0 Å². The van der Waals surface area contributed by atoms with E-state index in [2.05, 4.69) is 37.0 Å². The van der Waals surface area contributed by atoms with Crippen LogP contribution in [0.5, 0.6) is 0 Å². The van der Waals surface area contributed by atoms with Gasteiger partial charge in [-0.3, -0.25) is 9.89 Å². The van der Waals surface area contributed by atoms with Crippen LogP contribution in [0.15, 0.2) is 48.8 Å². The van der Waals surface area contributed by atoms with E-state index < -0.39 is 0 Å². The molecular weight excluding hydrogens is 507 g/mol. The van der Waals surface area contributed by atoms with Gasteiger partial charge in [0.15, 0.2) is 5.82 Å². The lowest BCUT2D eigenvalue weighted by atomic mass is 9.97. The number of hydrogen-bond acceptors (Lipinski definition) is 6. The van der Waals surface area contributed by atoms with Crippen LogP contribution in [0.25, 0.3) is 33.5 Å². The highest BCUT2D eigenvalue weighted by atomic mass is 19.1. The molecule has 1 amide bonds. The number of benzene rings is 2. The number of nitrogens with zero attached hydrogens (tertiary/aromatic N) is 6. The van der Waals surface area contributed by atoms with Gasteiger partial charge < -0.3 is 14.8 Å². The topological polar surface area (TPSA) is 107 Å². The average Bonchev–Trinajstić information content (AvgIpc) is 3.70. The summed E-state index contributed by atoms with van der Waals surface area (Å²) in [4.78, 5) is 34.2. The van der Waals surface area contributed by atoms with Crippen molar-refractivity contribution in [1.29, 1.82) is 0 Å². The van der Waals surface area contributed by atoms with E-state index in [1.807, 2.05) is 24.3 Å². The number of rotatable bonds is 5. The fraction of sp³-hybridized carbons (Fsp3) is 0.300. The molecule has 0 radical (unpaired) electrons. The lowest BCUT2D eigenvalue weighted by Crippen LogP contribution is -2.31. The van der Waals surface area contributed by atoms with Gasteiger partial charge in [-0.05, 0) is 66.6 Å². The molecule has 0 saturated carbocycles. The molecule has 9 nitrogen and oxygen atoms in total. The van der Waals surface area contributed by atoms with Gasteiger partial charge >= 0.3 is 0 Å². The first-order chi connectivity index (χ1) is 19.6. The van der Waals surface area contributed by atoms with Gasteiger partial charge in [-0.1, -0.05) is 19.1 Å². The van der Waals surface area contributed by atoms with Crippen LogP contribution in [0.2, 0.25) is 0 Å². The summed E-state index contributed by atoms with van der Waals surface area (Å²) in [7, 11) is 0. The Hall–Kier alpha value is -4.60. The van der Waals surface area contributed by atoms with Gasteiger partial charge in [0.1, 0.15) is 23.0 Å². The molecule has 5 heterocycles. The Balaban J connectivity index is 1.08. The van der Waals surface area contributed by atoms with Crippen LogP contribution in [0.3, 0.4) is 0 Å². The maximum atomic E-state index is 14.0. The molecule has 0 atom stereocenters.